The lowest BCUT2D eigenvalue weighted by molar-refractivity contribution is -0.139. The van der Waals surface area contributed by atoms with Crippen molar-refractivity contribution in [1.82, 2.24) is 0 Å². The molecule has 0 saturated heterocycles. The third-order valence-corrected chi connectivity index (χ3v) is 11.4. The first-order valence-electron chi connectivity index (χ1n) is 11.6. The number of ether oxygens (including phenoxy) is 2. The molecule has 33 heavy (non-hydrogen) atoms. The molecule has 0 aromatic heterocycles. The molecule has 2 aromatic rings. The van der Waals surface area contributed by atoms with E-state index in [1.54, 1.807) is 7.11 Å². The number of hydrogen-bond acceptors (Lipinski definition) is 4. The Balaban J connectivity index is 2.49. The molecular formula is C28H40O4Si. The molecule has 0 radical (unpaired) electrons. The van der Waals surface area contributed by atoms with E-state index in [2.05, 4.69) is 101 Å². The second-order valence-electron chi connectivity index (χ2n) is 9.81. The molecule has 5 heteroatoms. The predicted octanol–water partition coefficient (Wildman–Crippen LogP) is 5.11. The Bertz CT molecular complexity index is 863. The summed E-state index contributed by atoms with van der Waals surface area (Å²) in [6.07, 6.45) is 2.04. The van der Waals surface area contributed by atoms with Crippen molar-refractivity contribution in [2.45, 2.75) is 65.2 Å². The Hall–Kier alpha value is -2.21. The molecule has 3 atom stereocenters. The molecule has 0 aliphatic carbocycles. The number of carbonyl (C=O) groups excluding carboxylic acids is 1. The normalized spacial score (nSPS) is 15.6. The molecule has 0 amide bonds. The fraction of sp³-hybridized carbons (Fsp3) is 0.464. The summed E-state index contributed by atoms with van der Waals surface area (Å²) in [4.78, 5) is 11.7. The van der Waals surface area contributed by atoms with E-state index in [9.17, 15) is 4.79 Å². The van der Waals surface area contributed by atoms with Gasteiger partial charge in [-0.05, 0) is 29.3 Å². The molecule has 180 valence electrons. The molecule has 0 unspecified atom stereocenters. The number of hydrogen-bond donors (Lipinski definition) is 0. The maximum atomic E-state index is 11.7. The van der Waals surface area contributed by atoms with Gasteiger partial charge in [-0.25, -0.2) is 0 Å². The largest absolute Gasteiger partial charge is 0.469 e. The van der Waals surface area contributed by atoms with Gasteiger partial charge < -0.3 is 13.9 Å². The summed E-state index contributed by atoms with van der Waals surface area (Å²) in [5.41, 5.74) is 0.967. The second-order valence-corrected chi connectivity index (χ2v) is 14.1. The molecule has 2 aromatic carbocycles. The first-order chi connectivity index (χ1) is 15.6. The maximum absolute atomic E-state index is 11.7. The van der Waals surface area contributed by atoms with Gasteiger partial charge in [0.25, 0.3) is 8.32 Å². The van der Waals surface area contributed by atoms with Crippen LogP contribution < -0.4 is 10.4 Å². The fourth-order valence-corrected chi connectivity index (χ4v) is 9.48. The van der Waals surface area contributed by atoms with Crippen LogP contribution in [0.25, 0.3) is 0 Å². The van der Waals surface area contributed by atoms with Crippen LogP contribution in [-0.4, -0.2) is 40.7 Å². The third-order valence-electron chi connectivity index (χ3n) is 6.23. The Kier molecular flexibility index (Phi) is 9.65. The van der Waals surface area contributed by atoms with Gasteiger partial charge in [-0.1, -0.05) is 100 Å². The Morgan fingerprint density at radius 3 is 1.82 bits per heavy atom. The van der Waals surface area contributed by atoms with Crippen molar-refractivity contribution in [3.05, 3.63) is 72.3 Å². The van der Waals surface area contributed by atoms with Crippen LogP contribution >= 0.6 is 0 Å². The van der Waals surface area contributed by atoms with Crippen LogP contribution in [0.3, 0.4) is 0 Å². The van der Waals surface area contributed by atoms with E-state index >= 15 is 0 Å². The molecule has 0 aliphatic rings. The van der Waals surface area contributed by atoms with Crippen LogP contribution in [-0.2, 0) is 18.7 Å². The van der Waals surface area contributed by atoms with Gasteiger partial charge in [0.05, 0.1) is 25.7 Å². The van der Waals surface area contributed by atoms with E-state index in [0.29, 0.717) is 0 Å². The molecule has 0 saturated carbocycles. The van der Waals surface area contributed by atoms with E-state index in [-0.39, 0.29) is 35.6 Å². The SMILES string of the molecule is COC(=O)C/C(C)=C/[C@H](C)[C@@H](OC)[C@H](C)O[Si](c1ccccc1)(c1ccccc1)C(C)(C)C. The Labute approximate surface area is 201 Å². The van der Waals surface area contributed by atoms with Gasteiger partial charge in [0.15, 0.2) is 0 Å². The van der Waals surface area contributed by atoms with E-state index in [1.807, 2.05) is 6.92 Å². The van der Waals surface area contributed by atoms with Crippen LogP contribution in [0.5, 0.6) is 0 Å². The summed E-state index contributed by atoms with van der Waals surface area (Å²) >= 11 is 0. The monoisotopic (exact) mass is 468 g/mol. The van der Waals surface area contributed by atoms with Crippen molar-refractivity contribution in [1.29, 1.82) is 0 Å². The molecule has 0 spiro atoms. The molecule has 0 aliphatic heterocycles. The van der Waals surface area contributed by atoms with Crippen molar-refractivity contribution in [2.24, 2.45) is 5.92 Å². The number of esters is 1. The molecule has 0 fully saturated rings. The number of carbonyl (C=O) groups is 1. The zero-order chi connectivity index (χ0) is 24.6. The van der Waals surface area contributed by atoms with Crippen LogP contribution in [0, 0.1) is 5.92 Å². The van der Waals surface area contributed by atoms with Crippen LogP contribution in [0.15, 0.2) is 72.3 Å². The van der Waals surface area contributed by atoms with Crippen molar-refractivity contribution >= 4 is 24.7 Å². The lowest BCUT2D eigenvalue weighted by atomic mass is 9.97. The highest BCUT2D eigenvalue weighted by molar-refractivity contribution is 6.99. The summed E-state index contributed by atoms with van der Waals surface area (Å²) in [7, 11) is 0.461. The lowest BCUT2D eigenvalue weighted by Gasteiger charge is -2.46. The minimum Gasteiger partial charge on any atom is -0.469 e. The van der Waals surface area contributed by atoms with Crippen molar-refractivity contribution in [2.75, 3.05) is 14.2 Å². The van der Waals surface area contributed by atoms with Crippen molar-refractivity contribution < 1.29 is 18.7 Å². The molecular weight excluding hydrogens is 428 g/mol. The van der Waals surface area contributed by atoms with Gasteiger partial charge in [0.2, 0.25) is 0 Å². The molecule has 0 bridgehead atoms. The average molecular weight is 469 g/mol. The van der Waals surface area contributed by atoms with E-state index in [4.69, 9.17) is 13.9 Å². The zero-order valence-corrected chi connectivity index (χ0v) is 22.4. The average Bonchev–Trinajstić information content (AvgIpc) is 2.78. The summed E-state index contributed by atoms with van der Waals surface area (Å²) in [5.74, 6) is -0.172. The van der Waals surface area contributed by atoms with Gasteiger partial charge >= 0.3 is 5.97 Å². The number of benzene rings is 2. The Morgan fingerprint density at radius 2 is 1.42 bits per heavy atom. The molecule has 4 nitrogen and oxygen atoms in total. The quantitative estimate of drug-likeness (QED) is 0.276. The van der Waals surface area contributed by atoms with Gasteiger partial charge in [0.1, 0.15) is 0 Å². The first kappa shape index (κ1) is 27.0. The smallest absolute Gasteiger partial charge is 0.309 e. The fourth-order valence-electron chi connectivity index (χ4n) is 4.77. The van der Waals surface area contributed by atoms with Crippen LogP contribution in [0.4, 0.5) is 0 Å². The van der Waals surface area contributed by atoms with Crippen molar-refractivity contribution in [3.8, 4) is 0 Å². The standard InChI is InChI=1S/C28H40O4Si/c1-21(20-26(29)30-7)19-22(2)27(31-8)23(3)32-33(28(4,5)6,24-15-11-9-12-16-24)25-17-13-10-14-18-25/h9-19,22-23,27H,20H2,1-8H3/b21-19+/t22-,23-,27+/m0/s1. The van der Waals surface area contributed by atoms with Gasteiger partial charge in [-0.2, -0.15) is 0 Å². The van der Waals surface area contributed by atoms with Crippen LogP contribution in [0.1, 0.15) is 48.0 Å². The highest BCUT2D eigenvalue weighted by atomic mass is 28.4. The minimum absolute atomic E-state index is 0.0628. The molecule has 0 N–H and O–H groups in total. The highest BCUT2D eigenvalue weighted by Crippen LogP contribution is 2.38. The number of rotatable bonds is 10. The maximum Gasteiger partial charge on any atom is 0.309 e. The predicted molar refractivity (Wildman–Crippen MR) is 139 cm³/mol. The van der Waals surface area contributed by atoms with Gasteiger partial charge in [-0.15, -0.1) is 0 Å². The topological polar surface area (TPSA) is 44.8 Å². The summed E-state index contributed by atoms with van der Waals surface area (Å²) in [6, 6.07) is 21.3. The van der Waals surface area contributed by atoms with E-state index in [1.165, 1.54) is 17.5 Å². The molecule has 0 heterocycles. The summed E-state index contributed by atoms with van der Waals surface area (Å²) < 4.78 is 18.0. The van der Waals surface area contributed by atoms with E-state index < -0.39 is 8.32 Å². The Morgan fingerprint density at radius 1 is 0.939 bits per heavy atom. The first-order valence-corrected chi connectivity index (χ1v) is 13.5. The second kappa shape index (κ2) is 11.8. The molecule has 2 rings (SSSR count). The zero-order valence-electron chi connectivity index (χ0n) is 21.4. The van der Waals surface area contributed by atoms with Crippen molar-refractivity contribution in [3.63, 3.8) is 0 Å². The third kappa shape index (κ3) is 6.43. The minimum atomic E-state index is -2.68. The number of methoxy groups -OCH3 is 2. The van der Waals surface area contributed by atoms with Crippen LogP contribution in [0.2, 0.25) is 5.04 Å². The van der Waals surface area contributed by atoms with Gasteiger partial charge in [0, 0.05) is 13.0 Å². The summed E-state index contributed by atoms with van der Waals surface area (Å²) in [6.45, 7) is 13.0. The summed E-state index contributed by atoms with van der Waals surface area (Å²) in [5, 5.41) is 2.38. The lowest BCUT2D eigenvalue weighted by Crippen LogP contribution is -2.68. The highest BCUT2D eigenvalue weighted by Gasteiger charge is 2.51. The van der Waals surface area contributed by atoms with Gasteiger partial charge in [-0.3, -0.25) is 4.79 Å². The van der Waals surface area contributed by atoms with E-state index in [0.717, 1.165) is 5.57 Å².